The van der Waals surface area contributed by atoms with E-state index >= 15 is 0 Å². The summed E-state index contributed by atoms with van der Waals surface area (Å²) in [6.45, 7) is 5.00. The van der Waals surface area contributed by atoms with E-state index in [0.29, 0.717) is 25.9 Å². The summed E-state index contributed by atoms with van der Waals surface area (Å²) in [5, 5.41) is 23.5. The molecule has 2 unspecified atom stereocenters. The van der Waals surface area contributed by atoms with Gasteiger partial charge in [0.05, 0.1) is 25.4 Å². The fraction of sp³-hybridized carbons (Fsp3) is 0.924. The number of nitrogens with one attached hydrogen (secondary N) is 1. The number of aliphatic hydroxyl groups is 2. The Labute approximate surface area is 532 Å². The van der Waals surface area contributed by atoms with E-state index in [2.05, 4.69) is 43.5 Å². The minimum Gasteiger partial charge on any atom is -0.466 e. The van der Waals surface area contributed by atoms with Crippen molar-refractivity contribution < 1.29 is 24.5 Å². The predicted molar refractivity (Wildman–Crippen MR) is 375 cm³/mol. The molecule has 0 fully saturated rings. The standard InChI is InChI=1S/C79H153NO5/c1-3-5-7-9-11-13-15-17-19-21-22-23-31-34-37-40-43-47-51-55-59-63-67-71-77(82)76(75-81)80-78(83)72-68-64-60-56-52-48-44-41-38-35-32-29-27-25-24-26-28-30-33-36-39-42-46-50-54-58-62-66-70-74-85-79(84)73-69-65-61-57-53-49-45-20-18-16-14-12-10-8-6-4-2/h20,24,26,45,76-77,81-82H,3-19,21-23,25,27-44,46-75H2,1-2H3,(H,80,83)/b26-24-,45-20-. The molecule has 0 saturated carbocycles. The van der Waals surface area contributed by atoms with Crippen molar-refractivity contribution in [3.05, 3.63) is 24.3 Å². The summed E-state index contributed by atoms with van der Waals surface area (Å²) in [6.07, 6.45) is 95.4. The Morgan fingerprint density at radius 2 is 0.553 bits per heavy atom. The van der Waals surface area contributed by atoms with Crippen LogP contribution in [0.2, 0.25) is 0 Å². The quantitative estimate of drug-likeness (QED) is 0.0320. The summed E-state index contributed by atoms with van der Waals surface area (Å²) in [6, 6.07) is -0.542. The highest BCUT2D eigenvalue weighted by Crippen LogP contribution is 2.20. The van der Waals surface area contributed by atoms with E-state index in [1.54, 1.807) is 0 Å². The molecule has 0 aliphatic carbocycles. The van der Waals surface area contributed by atoms with Crippen LogP contribution in [-0.2, 0) is 14.3 Å². The molecule has 0 saturated heterocycles. The Balaban J connectivity index is 3.37. The molecule has 504 valence electrons. The average molecular weight is 1200 g/mol. The molecular weight excluding hydrogens is 1040 g/mol. The van der Waals surface area contributed by atoms with Crippen LogP contribution in [0.1, 0.15) is 444 Å². The third kappa shape index (κ3) is 71.3. The molecule has 1 amide bonds. The lowest BCUT2D eigenvalue weighted by molar-refractivity contribution is -0.143. The summed E-state index contributed by atoms with van der Waals surface area (Å²) in [5.74, 6) is -0.0186. The van der Waals surface area contributed by atoms with Gasteiger partial charge in [-0.2, -0.15) is 0 Å². The van der Waals surface area contributed by atoms with Crippen LogP contribution >= 0.6 is 0 Å². The maximum Gasteiger partial charge on any atom is 0.305 e. The Morgan fingerprint density at radius 1 is 0.318 bits per heavy atom. The van der Waals surface area contributed by atoms with Crippen LogP contribution in [0.5, 0.6) is 0 Å². The molecule has 0 aliphatic heterocycles. The van der Waals surface area contributed by atoms with Gasteiger partial charge in [-0.05, 0) is 77.0 Å². The van der Waals surface area contributed by atoms with Crippen molar-refractivity contribution in [2.75, 3.05) is 13.2 Å². The first-order valence-electron chi connectivity index (χ1n) is 39.1. The summed E-state index contributed by atoms with van der Waals surface area (Å²) in [7, 11) is 0. The van der Waals surface area contributed by atoms with E-state index < -0.39 is 12.1 Å². The number of esters is 1. The van der Waals surface area contributed by atoms with Crippen molar-refractivity contribution in [2.45, 2.75) is 456 Å². The Kier molecular flexibility index (Phi) is 73.3. The van der Waals surface area contributed by atoms with Gasteiger partial charge in [0.2, 0.25) is 5.91 Å². The molecule has 2 atom stereocenters. The summed E-state index contributed by atoms with van der Waals surface area (Å²) >= 11 is 0. The smallest absolute Gasteiger partial charge is 0.305 e. The Bertz CT molecular complexity index is 1330. The van der Waals surface area contributed by atoms with Gasteiger partial charge in [-0.1, -0.05) is 378 Å². The number of hydrogen-bond donors (Lipinski definition) is 3. The normalized spacial score (nSPS) is 12.6. The van der Waals surface area contributed by atoms with Crippen LogP contribution in [0.3, 0.4) is 0 Å². The monoisotopic (exact) mass is 1200 g/mol. The Hall–Kier alpha value is -1.66. The zero-order valence-corrected chi connectivity index (χ0v) is 57.9. The number of carbonyl (C=O) groups is 2. The molecule has 6 nitrogen and oxygen atoms in total. The molecule has 85 heavy (non-hydrogen) atoms. The number of hydrogen-bond acceptors (Lipinski definition) is 5. The third-order valence-corrected chi connectivity index (χ3v) is 18.5. The van der Waals surface area contributed by atoms with Crippen molar-refractivity contribution in [1.82, 2.24) is 5.32 Å². The Morgan fingerprint density at radius 3 is 0.835 bits per heavy atom. The maximum atomic E-state index is 12.6. The molecule has 0 aromatic rings. The van der Waals surface area contributed by atoms with Crippen molar-refractivity contribution >= 4 is 11.9 Å². The fourth-order valence-corrected chi connectivity index (χ4v) is 12.5. The second kappa shape index (κ2) is 74.8. The van der Waals surface area contributed by atoms with Crippen molar-refractivity contribution in [1.29, 1.82) is 0 Å². The minimum absolute atomic E-state index is 0.0102. The summed E-state index contributed by atoms with van der Waals surface area (Å²) < 4.78 is 5.50. The van der Waals surface area contributed by atoms with Gasteiger partial charge in [0.25, 0.3) is 0 Å². The molecule has 0 aliphatic rings. The number of rotatable bonds is 74. The van der Waals surface area contributed by atoms with Crippen molar-refractivity contribution in [3.8, 4) is 0 Å². The zero-order chi connectivity index (χ0) is 61.3. The van der Waals surface area contributed by atoms with Gasteiger partial charge in [0.1, 0.15) is 0 Å². The second-order valence-electron chi connectivity index (χ2n) is 27.0. The van der Waals surface area contributed by atoms with Crippen LogP contribution in [0.25, 0.3) is 0 Å². The molecule has 0 rings (SSSR count). The lowest BCUT2D eigenvalue weighted by Crippen LogP contribution is -2.45. The number of carbonyl (C=O) groups excluding carboxylic acids is 2. The van der Waals surface area contributed by atoms with Crippen molar-refractivity contribution in [2.24, 2.45) is 0 Å². The highest BCUT2D eigenvalue weighted by atomic mass is 16.5. The molecule has 0 aromatic carbocycles. The number of aliphatic hydroxyl groups excluding tert-OH is 2. The molecular formula is C79H153NO5. The lowest BCUT2D eigenvalue weighted by atomic mass is 10.0. The molecule has 0 spiro atoms. The van der Waals surface area contributed by atoms with Gasteiger partial charge < -0.3 is 20.3 Å². The first kappa shape index (κ1) is 83.3. The average Bonchev–Trinajstić information content (AvgIpc) is 3.51. The van der Waals surface area contributed by atoms with Crippen LogP contribution < -0.4 is 5.32 Å². The number of unbranched alkanes of at least 4 members (excludes halogenated alkanes) is 59. The predicted octanol–water partition coefficient (Wildman–Crippen LogP) is 25.7. The van der Waals surface area contributed by atoms with Gasteiger partial charge in [0, 0.05) is 12.8 Å². The fourth-order valence-electron chi connectivity index (χ4n) is 12.5. The molecule has 0 radical (unpaired) electrons. The highest BCUT2D eigenvalue weighted by Gasteiger charge is 2.20. The molecule has 3 N–H and O–H groups in total. The van der Waals surface area contributed by atoms with Crippen LogP contribution in [0.4, 0.5) is 0 Å². The van der Waals surface area contributed by atoms with E-state index in [-0.39, 0.29) is 18.5 Å². The number of allylic oxidation sites excluding steroid dienone is 4. The first-order valence-corrected chi connectivity index (χ1v) is 39.1. The first-order chi connectivity index (χ1) is 42.0. The van der Waals surface area contributed by atoms with E-state index in [1.807, 2.05) is 0 Å². The number of ether oxygens (including phenoxy) is 1. The summed E-state index contributed by atoms with van der Waals surface area (Å²) in [4.78, 5) is 24.7. The van der Waals surface area contributed by atoms with Gasteiger partial charge in [0.15, 0.2) is 0 Å². The molecule has 0 heterocycles. The SMILES string of the molecule is CCCCCCCCC/C=C\CCCCCCCC(=O)OCCCCCCCCCCCCCC/C=C\CCCCCCCCCCCCCCCC(=O)NC(CO)C(O)CCCCCCCCCCCCCCCCCCCCCCCCC. The van der Waals surface area contributed by atoms with Crippen LogP contribution in [0.15, 0.2) is 24.3 Å². The summed E-state index contributed by atoms with van der Waals surface area (Å²) in [5.41, 5.74) is 0. The van der Waals surface area contributed by atoms with E-state index in [1.165, 1.54) is 366 Å². The van der Waals surface area contributed by atoms with Crippen LogP contribution in [0, 0.1) is 0 Å². The molecule has 0 bridgehead atoms. The number of amides is 1. The lowest BCUT2D eigenvalue weighted by Gasteiger charge is -2.22. The van der Waals surface area contributed by atoms with Gasteiger partial charge in [-0.15, -0.1) is 0 Å². The van der Waals surface area contributed by atoms with Crippen LogP contribution in [-0.4, -0.2) is 47.4 Å². The van der Waals surface area contributed by atoms with E-state index in [9.17, 15) is 19.8 Å². The van der Waals surface area contributed by atoms with Crippen molar-refractivity contribution in [3.63, 3.8) is 0 Å². The third-order valence-electron chi connectivity index (χ3n) is 18.5. The highest BCUT2D eigenvalue weighted by molar-refractivity contribution is 5.76. The maximum absolute atomic E-state index is 12.6. The zero-order valence-electron chi connectivity index (χ0n) is 57.9. The van der Waals surface area contributed by atoms with E-state index in [4.69, 9.17) is 4.74 Å². The topological polar surface area (TPSA) is 95.9 Å². The second-order valence-corrected chi connectivity index (χ2v) is 27.0. The van der Waals surface area contributed by atoms with Gasteiger partial charge in [-0.3, -0.25) is 9.59 Å². The molecule has 0 aromatic heterocycles. The van der Waals surface area contributed by atoms with Gasteiger partial charge >= 0.3 is 5.97 Å². The van der Waals surface area contributed by atoms with Gasteiger partial charge in [-0.25, -0.2) is 0 Å². The largest absolute Gasteiger partial charge is 0.466 e. The van der Waals surface area contributed by atoms with E-state index in [0.717, 1.165) is 44.9 Å². The molecule has 6 heteroatoms. The minimum atomic E-state index is -0.665.